The van der Waals surface area contributed by atoms with Gasteiger partial charge in [-0.15, -0.1) is 0 Å². The summed E-state index contributed by atoms with van der Waals surface area (Å²) in [5, 5.41) is 21.9. The Morgan fingerprint density at radius 3 is 2.54 bits per heavy atom. The minimum atomic E-state index is -1.75. The van der Waals surface area contributed by atoms with E-state index in [1.807, 2.05) is 37.3 Å². The van der Waals surface area contributed by atoms with E-state index in [2.05, 4.69) is 6.92 Å². The molecule has 4 aliphatic rings. The Morgan fingerprint density at radius 1 is 1.09 bits per heavy atom. The Morgan fingerprint density at radius 2 is 1.83 bits per heavy atom. The molecule has 0 aromatic heterocycles. The lowest BCUT2D eigenvalue weighted by Gasteiger charge is -2.60. The lowest BCUT2D eigenvalue weighted by atomic mass is 9.45. The maximum absolute atomic E-state index is 12.7. The van der Waals surface area contributed by atoms with Crippen molar-refractivity contribution in [1.82, 2.24) is 0 Å². The SMILES string of the molecule is C[C@]12CCC(=O)C=C1CC[C@@H]1[C@@H]2[C@@H](O)C[C@@]2(C)[C@H]1CC[C@]2(OC(=O)OCc1ccccc1)C(=O)O. The molecule has 3 saturated carbocycles. The molecule has 188 valence electrons. The predicted molar refractivity (Wildman–Crippen MR) is 126 cm³/mol. The van der Waals surface area contributed by atoms with Crippen molar-refractivity contribution in [3.63, 3.8) is 0 Å². The number of carbonyl (C=O) groups excluding carboxylic acids is 2. The fraction of sp³-hybridized carbons (Fsp3) is 0.607. The molecular formula is C28H34O7. The van der Waals surface area contributed by atoms with E-state index in [0.29, 0.717) is 19.3 Å². The summed E-state index contributed by atoms with van der Waals surface area (Å²) >= 11 is 0. The number of aliphatic hydroxyl groups excluding tert-OH is 1. The first-order chi connectivity index (χ1) is 16.6. The van der Waals surface area contributed by atoms with E-state index in [0.717, 1.165) is 24.0 Å². The Bertz CT molecular complexity index is 1060. The number of carboxylic acid groups (broad SMARTS) is 1. The number of fused-ring (bicyclic) bond motifs is 5. The average Bonchev–Trinajstić information content (AvgIpc) is 3.11. The molecule has 0 unspecified atom stereocenters. The van der Waals surface area contributed by atoms with Crippen molar-refractivity contribution in [3.05, 3.63) is 47.5 Å². The van der Waals surface area contributed by atoms with Crippen LogP contribution in [0.4, 0.5) is 4.79 Å². The van der Waals surface area contributed by atoms with E-state index in [1.54, 1.807) is 6.08 Å². The van der Waals surface area contributed by atoms with Crippen LogP contribution in [-0.2, 0) is 25.7 Å². The zero-order valence-corrected chi connectivity index (χ0v) is 20.4. The first-order valence-corrected chi connectivity index (χ1v) is 12.7. The molecule has 0 aliphatic heterocycles. The lowest BCUT2D eigenvalue weighted by Crippen LogP contribution is -2.62. The predicted octanol–water partition coefficient (Wildman–Crippen LogP) is 4.67. The van der Waals surface area contributed by atoms with Gasteiger partial charge in [0, 0.05) is 11.8 Å². The number of ether oxygens (including phenoxy) is 2. The molecule has 3 fully saturated rings. The molecule has 0 saturated heterocycles. The van der Waals surface area contributed by atoms with Crippen molar-refractivity contribution >= 4 is 17.9 Å². The van der Waals surface area contributed by atoms with E-state index in [-0.39, 0.29) is 48.4 Å². The number of carbonyl (C=O) groups is 3. The molecule has 0 bridgehead atoms. The normalized spacial score (nSPS) is 40.1. The molecule has 1 aromatic rings. The van der Waals surface area contributed by atoms with Gasteiger partial charge in [-0.05, 0) is 73.3 Å². The van der Waals surface area contributed by atoms with Crippen LogP contribution in [-0.4, -0.2) is 39.8 Å². The number of carboxylic acids is 1. The number of ketones is 1. The van der Waals surface area contributed by atoms with E-state index in [4.69, 9.17) is 9.47 Å². The highest BCUT2D eigenvalue weighted by molar-refractivity contribution is 5.91. The van der Waals surface area contributed by atoms with Gasteiger partial charge in [-0.1, -0.05) is 49.8 Å². The first-order valence-electron chi connectivity index (χ1n) is 12.7. The zero-order valence-electron chi connectivity index (χ0n) is 20.4. The monoisotopic (exact) mass is 482 g/mol. The summed E-state index contributed by atoms with van der Waals surface area (Å²) in [6, 6.07) is 9.15. The van der Waals surface area contributed by atoms with Gasteiger partial charge in [0.15, 0.2) is 5.78 Å². The largest absolute Gasteiger partial charge is 0.509 e. The van der Waals surface area contributed by atoms with Gasteiger partial charge in [0.2, 0.25) is 5.60 Å². The van der Waals surface area contributed by atoms with E-state index < -0.39 is 29.2 Å². The minimum Gasteiger partial charge on any atom is -0.478 e. The fourth-order valence-corrected chi connectivity index (χ4v) is 8.13. The Hall–Kier alpha value is -2.67. The Balaban J connectivity index is 1.41. The number of hydrogen-bond acceptors (Lipinski definition) is 6. The highest BCUT2D eigenvalue weighted by Crippen LogP contribution is 2.68. The van der Waals surface area contributed by atoms with Crippen LogP contribution in [0.5, 0.6) is 0 Å². The van der Waals surface area contributed by atoms with Gasteiger partial charge in [-0.3, -0.25) is 4.79 Å². The smallest absolute Gasteiger partial charge is 0.478 e. The summed E-state index contributed by atoms with van der Waals surface area (Å²) in [6.45, 7) is 4.01. The van der Waals surface area contributed by atoms with Crippen LogP contribution in [0.15, 0.2) is 42.0 Å². The lowest BCUT2D eigenvalue weighted by molar-refractivity contribution is -0.199. The highest BCUT2D eigenvalue weighted by Gasteiger charge is 2.71. The third kappa shape index (κ3) is 3.62. The maximum atomic E-state index is 12.7. The van der Waals surface area contributed by atoms with Gasteiger partial charge >= 0.3 is 12.1 Å². The summed E-state index contributed by atoms with van der Waals surface area (Å²) in [5.74, 6) is -0.979. The third-order valence-corrected chi connectivity index (χ3v) is 9.82. The summed E-state index contributed by atoms with van der Waals surface area (Å²) in [5.41, 5.74) is -1.03. The molecule has 0 radical (unpaired) electrons. The van der Waals surface area contributed by atoms with Crippen molar-refractivity contribution < 1.29 is 34.1 Å². The van der Waals surface area contributed by atoms with Gasteiger partial charge in [0.05, 0.1) is 6.10 Å². The zero-order chi connectivity index (χ0) is 25.0. The van der Waals surface area contributed by atoms with Gasteiger partial charge in [0.1, 0.15) is 6.61 Å². The van der Waals surface area contributed by atoms with Crippen LogP contribution in [0.3, 0.4) is 0 Å². The molecule has 7 atom stereocenters. The quantitative estimate of drug-likeness (QED) is 0.600. The molecular weight excluding hydrogens is 448 g/mol. The van der Waals surface area contributed by atoms with E-state index >= 15 is 0 Å². The van der Waals surface area contributed by atoms with Crippen LogP contribution in [0.2, 0.25) is 0 Å². The number of aliphatic carboxylic acids is 1. The van der Waals surface area contributed by atoms with Crippen molar-refractivity contribution in [1.29, 1.82) is 0 Å². The van der Waals surface area contributed by atoms with Gasteiger partial charge in [0.25, 0.3) is 0 Å². The summed E-state index contributed by atoms with van der Waals surface area (Å²) in [4.78, 5) is 37.5. The number of aliphatic hydroxyl groups is 1. The molecule has 5 rings (SSSR count). The second-order valence-corrected chi connectivity index (χ2v) is 11.4. The number of allylic oxidation sites excluding steroid dienone is 1. The van der Waals surface area contributed by atoms with E-state index in [1.165, 1.54) is 0 Å². The molecule has 0 heterocycles. The Labute approximate surface area is 205 Å². The van der Waals surface area contributed by atoms with Crippen LogP contribution in [0.25, 0.3) is 0 Å². The number of benzene rings is 1. The standard InChI is InChI=1S/C28H34O7/c1-26-12-10-19(29)14-18(26)8-9-20-21-11-13-28(24(31)32,27(21,2)15-22(30)23(20)26)35-25(33)34-16-17-6-4-3-5-7-17/h3-7,14,20-23,30H,8-13,15-16H2,1-2H3,(H,31,32)/t20-,21-,22-,23+,26-,27-,28-/m0/s1. The molecule has 35 heavy (non-hydrogen) atoms. The topological polar surface area (TPSA) is 110 Å². The van der Waals surface area contributed by atoms with Gasteiger partial charge in [-0.2, -0.15) is 0 Å². The summed E-state index contributed by atoms with van der Waals surface area (Å²) in [7, 11) is 0. The van der Waals surface area contributed by atoms with Crippen molar-refractivity contribution in [2.45, 2.75) is 77.1 Å². The molecule has 2 N–H and O–H groups in total. The number of hydrogen-bond donors (Lipinski definition) is 2. The van der Waals surface area contributed by atoms with Crippen LogP contribution < -0.4 is 0 Å². The average molecular weight is 483 g/mol. The van der Waals surface area contributed by atoms with Crippen LogP contribution in [0.1, 0.15) is 64.4 Å². The summed E-state index contributed by atoms with van der Waals surface area (Å²) < 4.78 is 11.0. The maximum Gasteiger partial charge on any atom is 0.509 e. The van der Waals surface area contributed by atoms with Gasteiger partial charge in [-0.25, -0.2) is 9.59 Å². The van der Waals surface area contributed by atoms with Crippen LogP contribution in [0, 0.1) is 28.6 Å². The van der Waals surface area contributed by atoms with Crippen molar-refractivity contribution in [2.24, 2.45) is 28.6 Å². The summed E-state index contributed by atoms with van der Waals surface area (Å²) in [6.07, 6.45) is 3.84. The molecule has 4 aliphatic carbocycles. The second-order valence-electron chi connectivity index (χ2n) is 11.4. The van der Waals surface area contributed by atoms with Crippen molar-refractivity contribution in [3.8, 4) is 0 Å². The van der Waals surface area contributed by atoms with Gasteiger partial charge < -0.3 is 19.7 Å². The first kappa shape index (κ1) is 24.0. The number of rotatable bonds is 4. The Kier molecular flexibility index (Phi) is 5.82. The minimum absolute atomic E-state index is 0.00493. The van der Waals surface area contributed by atoms with Crippen LogP contribution >= 0.6 is 0 Å². The molecule has 0 amide bonds. The molecule has 0 spiro atoms. The highest BCUT2D eigenvalue weighted by atomic mass is 16.7. The molecule has 7 heteroatoms. The third-order valence-electron chi connectivity index (χ3n) is 9.82. The molecule has 7 nitrogen and oxygen atoms in total. The fourth-order valence-electron chi connectivity index (χ4n) is 8.13. The second kappa shape index (κ2) is 8.47. The molecule has 1 aromatic carbocycles. The van der Waals surface area contributed by atoms with E-state index in [9.17, 15) is 24.6 Å². The van der Waals surface area contributed by atoms with Crippen molar-refractivity contribution in [2.75, 3.05) is 0 Å².